The number of benzene rings is 1. The first kappa shape index (κ1) is 15.9. The molecule has 21 heavy (non-hydrogen) atoms. The molecule has 0 atom stereocenters. The lowest BCUT2D eigenvalue weighted by Gasteiger charge is -2.11. The zero-order chi connectivity index (χ0) is 15.2. The first-order valence-corrected chi connectivity index (χ1v) is 7.60. The van der Waals surface area contributed by atoms with Crippen molar-refractivity contribution in [3.05, 3.63) is 40.5 Å². The molecule has 1 heterocycles. The molecule has 0 fully saturated rings. The predicted octanol–water partition coefficient (Wildman–Crippen LogP) is 4.99. The molecule has 0 spiro atoms. The third-order valence-electron chi connectivity index (χ3n) is 2.88. The van der Waals surface area contributed by atoms with Gasteiger partial charge in [-0.15, -0.1) is 0 Å². The zero-order valence-corrected chi connectivity index (χ0v) is 13.5. The summed E-state index contributed by atoms with van der Waals surface area (Å²) in [4.78, 5) is 8.59. The highest BCUT2D eigenvalue weighted by molar-refractivity contribution is 6.39. The molecule has 0 amide bonds. The normalized spacial score (nSPS) is 10.7. The number of aromatic nitrogens is 2. The van der Waals surface area contributed by atoms with Crippen LogP contribution in [0.5, 0.6) is 0 Å². The van der Waals surface area contributed by atoms with Gasteiger partial charge in [0, 0.05) is 12.7 Å². The van der Waals surface area contributed by atoms with Crippen LogP contribution in [-0.4, -0.2) is 16.5 Å². The van der Waals surface area contributed by atoms with Crippen molar-refractivity contribution in [3.8, 4) is 0 Å². The Balaban J connectivity index is 2.07. The summed E-state index contributed by atoms with van der Waals surface area (Å²) >= 11 is 12.3. The summed E-state index contributed by atoms with van der Waals surface area (Å²) in [6, 6.07) is 7.12. The van der Waals surface area contributed by atoms with Gasteiger partial charge in [-0.2, -0.15) is 4.98 Å². The second-order valence-corrected chi connectivity index (χ2v) is 5.91. The van der Waals surface area contributed by atoms with Gasteiger partial charge in [0.2, 0.25) is 5.95 Å². The van der Waals surface area contributed by atoms with E-state index in [2.05, 4.69) is 34.4 Å². The molecule has 0 aliphatic carbocycles. The Morgan fingerprint density at radius 2 is 1.86 bits per heavy atom. The smallest absolute Gasteiger partial charge is 0.224 e. The van der Waals surface area contributed by atoms with Crippen molar-refractivity contribution in [2.75, 3.05) is 17.2 Å². The van der Waals surface area contributed by atoms with Crippen molar-refractivity contribution < 1.29 is 0 Å². The maximum atomic E-state index is 6.13. The third-order valence-corrected chi connectivity index (χ3v) is 3.51. The van der Waals surface area contributed by atoms with Crippen molar-refractivity contribution in [2.24, 2.45) is 5.92 Å². The van der Waals surface area contributed by atoms with Crippen LogP contribution in [0.4, 0.5) is 17.5 Å². The fourth-order valence-electron chi connectivity index (χ4n) is 1.73. The Labute approximate surface area is 134 Å². The van der Waals surface area contributed by atoms with Crippen LogP contribution in [0.2, 0.25) is 10.0 Å². The average Bonchev–Trinajstić information content (AvgIpc) is 2.43. The highest BCUT2D eigenvalue weighted by Crippen LogP contribution is 2.31. The molecular weight excluding hydrogens is 307 g/mol. The average molecular weight is 325 g/mol. The van der Waals surface area contributed by atoms with E-state index in [0.717, 1.165) is 13.0 Å². The van der Waals surface area contributed by atoms with E-state index in [1.165, 1.54) is 0 Å². The number of rotatable bonds is 6. The second-order valence-electron chi connectivity index (χ2n) is 5.10. The maximum absolute atomic E-state index is 6.13. The van der Waals surface area contributed by atoms with E-state index in [1.54, 1.807) is 30.5 Å². The fourth-order valence-corrected chi connectivity index (χ4v) is 2.22. The second kappa shape index (κ2) is 7.48. The van der Waals surface area contributed by atoms with Gasteiger partial charge in [-0.3, -0.25) is 0 Å². The maximum Gasteiger partial charge on any atom is 0.224 e. The van der Waals surface area contributed by atoms with E-state index in [1.807, 2.05) is 0 Å². The van der Waals surface area contributed by atoms with Crippen molar-refractivity contribution in [2.45, 2.75) is 20.3 Å². The molecule has 6 heteroatoms. The summed E-state index contributed by atoms with van der Waals surface area (Å²) in [5.41, 5.74) is 0.646. The zero-order valence-electron chi connectivity index (χ0n) is 12.0. The summed E-state index contributed by atoms with van der Waals surface area (Å²) in [6.07, 6.45) is 2.76. The fraction of sp³-hybridized carbons (Fsp3) is 0.333. The minimum absolute atomic E-state index is 0.551. The van der Waals surface area contributed by atoms with Gasteiger partial charge in [0.05, 0.1) is 15.7 Å². The van der Waals surface area contributed by atoms with Gasteiger partial charge in [-0.1, -0.05) is 43.1 Å². The van der Waals surface area contributed by atoms with Crippen LogP contribution >= 0.6 is 23.2 Å². The summed E-state index contributed by atoms with van der Waals surface area (Å²) in [6.45, 7) is 5.20. The lowest BCUT2D eigenvalue weighted by atomic mass is 10.1. The molecule has 0 saturated heterocycles. The van der Waals surface area contributed by atoms with Crippen LogP contribution < -0.4 is 10.6 Å². The van der Waals surface area contributed by atoms with Crippen LogP contribution in [0, 0.1) is 5.92 Å². The van der Waals surface area contributed by atoms with E-state index in [0.29, 0.717) is 33.4 Å². The standard InChI is InChI=1S/C15H18Cl2N4/c1-10(2)6-8-18-15-19-9-7-13(21-15)20-14-11(16)4-3-5-12(14)17/h3-5,7,9-10H,6,8H2,1-2H3,(H2,18,19,20,21). The Hall–Kier alpha value is -1.52. The van der Waals surface area contributed by atoms with Gasteiger partial charge < -0.3 is 10.6 Å². The van der Waals surface area contributed by atoms with Gasteiger partial charge in [0.1, 0.15) is 5.82 Å². The Morgan fingerprint density at radius 1 is 1.14 bits per heavy atom. The molecule has 4 nitrogen and oxygen atoms in total. The molecule has 2 rings (SSSR count). The highest BCUT2D eigenvalue weighted by atomic mass is 35.5. The molecule has 0 unspecified atom stereocenters. The molecule has 1 aromatic carbocycles. The number of nitrogens with zero attached hydrogens (tertiary/aromatic N) is 2. The monoisotopic (exact) mass is 324 g/mol. The molecule has 1 aromatic heterocycles. The summed E-state index contributed by atoms with van der Waals surface area (Å²) in [5.74, 6) is 1.87. The van der Waals surface area contributed by atoms with Crippen LogP contribution in [0.1, 0.15) is 20.3 Å². The molecule has 0 aliphatic rings. The minimum atomic E-state index is 0.551. The molecule has 112 valence electrons. The Morgan fingerprint density at radius 3 is 2.52 bits per heavy atom. The summed E-state index contributed by atoms with van der Waals surface area (Å²) < 4.78 is 0. The number of para-hydroxylation sites is 1. The first-order chi connectivity index (χ1) is 10.1. The van der Waals surface area contributed by atoms with Gasteiger partial charge in [-0.05, 0) is 30.5 Å². The number of hydrogen-bond acceptors (Lipinski definition) is 4. The molecule has 2 aromatic rings. The first-order valence-electron chi connectivity index (χ1n) is 6.84. The molecule has 0 radical (unpaired) electrons. The van der Waals surface area contributed by atoms with Crippen molar-refractivity contribution in [1.29, 1.82) is 0 Å². The topological polar surface area (TPSA) is 49.8 Å². The molecule has 0 aliphatic heterocycles. The van der Waals surface area contributed by atoms with Crippen LogP contribution in [0.3, 0.4) is 0 Å². The van der Waals surface area contributed by atoms with Crippen molar-refractivity contribution in [1.82, 2.24) is 9.97 Å². The van der Waals surface area contributed by atoms with Crippen molar-refractivity contribution >= 4 is 40.7 Å². The van der Waals surface area contributed by atoms with E-state index in [9.17, 15) is 0 Å². The van der Waals surface area contributed by atoms with Crippen LogP contribution in [0.15, 0.2) is 30.5 Å². The summed E-state index contributed by atoms with van der Waals surface area (Å²) in [5, 5.41) is 7.43. The number of nitrogens with one attached hydrogen (secondary N) is 2. The molecule has 0 bridgehead atoms. The Bertz CT molecular complexity index is 582. The third kappa shape index (κ3) is 4.76. The van der Waals surface area contributed by atoms with Gasteiger partial charge in [0.25, 0.3) is 0 Å². The van der Waals surface area contributed by atoms with Crippen LogP contribution in [-0.2, 0) is 0 Å². The largest absolute Gasteiger partial charge is 0.354 e. The number of halogens is 2. The van der Waals surface area contributed by atoms with Gasteiger partial charge in [0.15, 0.2) is 0 Å². The van der Waals surface area contributed by atoms with Crippen LogP contribution in [0.25, 0.3) is 0 Å². The molecule has 2 N–H and O–H groups in total. The quantitative estimate of drug-likeness (QED) is 0.786. The van der Waals surface area contributed by atoms with E-state index in [-0.39, 0.29) is 0 Å². The van der Waals surface area contributed by atoms with Gasteiger partial charge >= 0.3 is 0 Å². The SMILES string of the molecule is CC(C)CCNc1nccc(Nc2c(Cl)cccc2Cl)n1. The van der Waals surface area contributed by atoms with E-state index < -0.39 is 0 Å². The number of anilines is 3. The summed E-state index contributed by atoms with van der Waals surface area (Å²) in [7, 11) is 0. The minimum Gasteiger partial charge on any atom is -0.354 e. The predicted molar refractivity (Wildman–Crippen MR) is 89.7 cm³/mol. The molecule has 0 saturated carbocycles. The van der Waals surface area contributed by atoms with E-state index in [4.69, 9.17) is 23.2 Å². The van der Waals surface area contributed by atoms with E-state index >= 15 is 0 Å². The Kier molecular flexibility index (Phi) is 5.65. The van der Waals surface area contributed by atoms with Gasteiger partial charge in [-0.25, -0.2) is 4.98 Å². The number of hydrogen-bond donors (Lipinski definition) is 2. The highest BCUT2D eigenvalue weighted by Gasteiger charge is 2.07. The lowest BCUT2D eigenvalue weighted by Crippen LogP contribution is -2.08. The lowest BCUT2D eigenvalue weighted by molar-refractivity contribution is 0.606. The van der Waals surface area contributed by atoms with Crippen molar-refractivity contribution in [3.63, 3.8) is 0 Å². The molecular formula is C15H18Cl2N4.